The summed E-state index contributed by atoms with van der Waals surface area (Å²) in [6.45, 7) is 14.4. The number of aliphatic imine (C=N–C) groups is 1. The van der Waals surface area contributed by atoms with Gasteiger partial charge in [0.25, 0.3) is 0 Å². The van der Waals surface area contributed by atoms with Gasteiger partial charge in [0.1, 0.15) is 0 Å². The summed E-state index contributed by atoms with van der Waals surface area (Å²) in [7, 11) is 0. The summed E-state index contributed by atoms with van der Waals surface area (Å²) >= 11 is 0. The molecule has 6 nitrogen and oxygen atoms in total. The third kappa shape index (κ3) is 7.98. The quantitative estimate of drug-likeness (QED) is 0.427. The van der Waals surface area contributed by atoms with E-state index >= 15 is 0 Å². The number of piperidine rings is 1. The SMILES string of the molecule is CCNC(=NCc1ccc(N2CCCCC2=O)cc1)NC(C)CCCN(CC)CC. The first kappa shape index (κ1) is 24.2. The third-order valence-electron chi connectivity index (χ3n) is 5.72. The van der Waals surface area contributed by atoms with E-state index in [0.717, 1.165) is 69.2 Å². The van der Waals surface area contributed by atoms with E-state index in [1.165, 1.54) is 6.42 Å². The van der Waals surface area contributed by atoms with Gasteiger partial charge < -0.3 is 20.4 Å². The second kappa shape index (κ2) is 13.3. The first-order valence-electron chi connectivity index (χ1n) is 11.7. The Balaban J connectivity index is 1.86. The molecule has 2 rings (SSSR count). The van der Waals surface area contributed by atoms with Crippen LogP contribution in [-0.2, 0) is 11.3 Å². The number of rotatable bonds is 11. The van der Waals surface area contributed by atoms with Crippen LogP contribution in [0.4, 0.5) is 5.69 Å². The zero-order valence-corrected chi connectivity index (χ0v) is 19.4. The van der Waals surface area contributed by atoms with Gasteiger partial charge in [-0.15, -0.1) is 0 Å². The molecule has 2 N–H and O–H groups in total. The van der Waals surface area contributed by atoms with Crippen LogP contribution in [0.1, 0.15) is 65.4 Å². The average Bonchev–Trinajstić information content (AvgIpc) is 2.76. The Morgan fingerprint density at radius 1 is 1.17 bits per heavy atom. The maximum absolute atomic E-state index is 12.1. The highest BCUT2D eigenvalue weighted by Crippen LogP contribution is 2.21. The molecule has 1 aromatic rings. The lowest BCUT2D eigenvalue weighted by Crippen LogP contribution is -2.42. The Hall–Kier alpha value is -2.08. The molecule has 6 heteroatoms. The van der Waals surface area contributed by atoms with Gasteiger partial charge in [0.05, 0.1) is 6.54 Å². The molecule has 1 heterocycles. The number of amides is 1. The van der Waals surface area contributed by atoms with Crippen molar-refractivity contribution in [3.05, 3.63) is 29.8 Å². The Morgan fingerprint density at radius 3 is 2.53 bits per heavy atom. The molecule has 1 fully saturated rings. The standard InChI is InChI=1S/C24H41N5O/c1-5-25-24(27-20(4)11-10-17-28(6-2)7-3)26-19-21-13-15-22(16-14-21)29-18-9-8-12-23(29)30/h13-16,20H,5-12,17-19H2,1-4H3,(H2,25,26,27). The first-order valence-corrected chi connectivity index (χ1v) is 11.7. The maximum Gasteiger partial charge on any atom is 0.226 e. The largest absolute Gasteiger partial charge is 0.357 e. The fraction of sp³-hybridized carbons (Fsp3) is 0.667. The predicted molar refractivity (Wildman–Crippen MR) is 127 cm³/mol. The van der Waals surface area contributed by atoms with Crippen LogP contribution < -0.4 is 15.5 Å². The summed E-state index contributed by atoms with van der Waals surface area (Å²) in [6, 6.07) is 8.63. The Kier molecular flexibility index (Phi) is 10.7. The molecule has 168 valence electrons. The van der Waals surface area contributed by atoms with Crippen molar-refractivity contribution >= 4 is 17.6 Å². The van der Waals surface area contributed by atoms with Gasteiger partial charge in [-0.25, -0.2) is 4.99 Å². The van der Waals surface area contributed by atoms with Crippen molar-refractivity contribution in [2.75, 3.05) is 37.6 Å². The zero-order valence-electron chi connectivity index (χ0n) is 19.4. The molecule has 0 aromatic heterocycles. The van der Waals surface area contributed by atoms with Crippen LogP contribution in [0.25, 0.3) is 0 Å². The highest BCUT2D eigenvalue weighted by molar-refractivity contribution is 5.93. The second-order valence-corrected chi connectivity index (χ2v) is 8.08. The number of guanidine groups is 1. The summed E-state index contributed by atoms with van der Waals surface area (Å²) in [5, 5.41) is 6.88. The minimum Gasteiger partial charge on any atom is -0.357 e. The molecule has 1 aliphatic rings. The van der Waals surface area contributed by atoms with E-state index in [2.05, 4.69) is 55.4 Å². The van der Waals surface area contributed by atoms with Gasteiger partial charge in [-0.3, -0.25) is 4.79 Å². The Morgan fingerprint density at radius 2 is 1.90 bits per heavy atom. The van der Waals surface area contributed by atoms with Crippen molar-refractivity contribution < 1.29 is 4.79 Å². The smallest absolute Gasteiger partial charge is 0.226 e. The molecule has 1 atom stereocenters. The van der Waals surface area contributed by atoms with E-state index in [1.807, 2.05) is 17.0 Å². The highest BCUT2D eigenvalue weighted by Gasteiger charge is 2.19. The van der Waals surface area contributed by atoms with Crippen LogP contribution in [0.3, 0.4) is 0 Å². The molecule has 0 spiro atoms. The minimum absolute atomic E-state index is 0.237. The lowest BCUT2D eigenvalue weighted by molar-refractivity contribution is -0.119. The Bertz CT molecular complexity index is 654. The molecule has 0 aliphatic carbocycles. The summed E-state index contributed by atoms with van der Waals surface area (Å²) in [5.41, 5.74) is 2.15. The van der Waals surface area contributed by atoms with Crippen LogP contribution in [-0.4, -0.2) is 55.5 Å². The fourth-order valence-electron chi connectivity index (χ4n) is 3.82. The number of hydrogen-bond donors (Lipinski definition) is 2. The monoisotopic (exact) mass is 415 g/mol. The molecule has 1 unspecified atom stereocenters. The normalized spacial score (nSPS) is 16.1. The van der Waals surface area contributed by atoms with Crippen molar-refractivity contribution in [3.8, 4) is 0 Å². The van der Waals surface area contributed by atoms with Gasteiger partial charge in [-0.2, -0.15) is 0 Å². The number of nitrogens with one attached hydrogen (secondary N) is 2. The van der Waals surface area contributed by atoms with Crippen molar-refractivity contribution in [2.45, 2.75) is 72.4 Å². The van der Waals surface area contributed by atoms with E-state index in [1.54, 1.807) is 0 Å². The van der Waals surface area contributed by atoms with E-state index in [-0.39, 0.29) is 5.91 Å². The van der Waals surface area contributed by atoms with E-state index in [0.29, 0.717) is 19.0 Å². The average molecular weight is 416 g/mol. The van der Waals surface area contributed by atoms with Gasteiger partial charge in [-0.1, -0.05) is 26.0 Å². The number of benzene rings is 1. The number of nitrogens with zero attached hydrogens (tertiary/aromatic N) is 3. The highest BCUT2D eigenvalue weighted by atomic mass is 16.2. The summed E-state index contributed by atoms with van der Waals surface area (Å²) < 4.78 is 0. The Labute approximate surface area is 183 Å². The number of carbonyl (C=O) groups excluding carboxylic acids is 1. The zero-order chi connectivity index (χ0) is 21.8. The van der Waals surface area contributed by atoms with Gasteiger partial charge in [0, 0.05) is 31.2 Å². The number of hydrogen-bond acceptors (Lipinski definition) is 3. The van der Waals surface area contributed by atoms with Crippen LogP contribution in [0.5, 0.6) is 0 Å². The van der Waals surface area contributed by atoms with Crippen molar-refractivity contribution in [1.82, 2.24) is 15.5 Å². The third-order valence-corrected chi connectivity index (χ3v) is 5.72. The van der Waals surface area contributed by atoms with Gasteiger partial charge in [0.2, 0.25) is 5.91 Å². The van der Waals surface area contributed by atoms with E-state index in [4.69, 9.17) is 4.99 Å². The molecule has 30 heavy (non-hydrogen) atoms. The predicted octanol–water partition coefficient (Wildman–Crippen LogP) is 3.77. The van der Waals surface area contributed by atoms with Crippen LogP contribution >= 0.6 is 0 Å². The van der Waals surface area contributed by atoms with E-state index in [9.17, 15) is 4.79 Å². The molecule has 0 radical (unpaired) electrons. The topological polar surface area (TPSA) is 60.0 Å². The van der Waals surface area contributed by atoms with Crippen molar-refractivity contribution in [1.29, 1.82) is 0 Å². The lowest BCUT2D eigenvalue weighted by Gasteiger charge is -2.26. The van der Waals surface area contributed by atoms with Crippen LogP contribution in [0.2, 0.25) is 0 Å². The van der Waals surface area contributed by atoms with E-state index < -0.39 is 0 Å². The molecular weight excluding hydrogens is 374 g/mol. The van der Waals surface area contributed by atoms with Gasteiger partial charge >= 0.3 is 0 Å². The van der Waals surface area contributed by atoms with Crippen molar-refractivity contribution in [3.63, 3.8) is 0 Å². The molecule has 1 aromatic carbocycles. The maximum atomic E-state index is 12.1. The summed E-state index contributed by atoms with van der Waals surface area (Å²) in [5.74, 6) is 1.10. The molecule has 0 saturated carbocycles. The van der Waals surface area contributed by atoms with Gasteiger partial charge in [-0.05, 0) is 76.9 Å². The second-order valence-electron chi connectivity index (χ2n) is 8.08. The summed E-state index contributed by atoms with van der Waals surface area (Å²) in [4.78, 5) is 21.2. The fourth-order valence-corrected chi connectivity index (χ4v) is 3.82. The minimum atomic E-state index is 0.237. The number of carbonyl (C=O) groups is 1. The molecule has 1 aliphatic heterocycles. The molecule has 1 amide bonds. The van der Waals surface area contributed by atoms with Crippen LogP contribution in [0.15, 0.2) is 29.3 Å². The molecule has 1 saturated heterocycles. The molecular formula is C24H41N5O. The van der Waals surface area contributed by atoms with Gasteiger partial charge in [0.15, 0.2) is 5.96 Å². The lowest BCUT2D eigenvalue weighted by atomic mass is 10.1. The molecule has 0 bridgehead atoms. The number of anilines is 1. The summed E-state index contributed by atoms with van der Waals surface area (Å²) in [6.07, 6.45) is 5.07. The van der Waals surface area contributed by atoms with Crippen molar-refractivity contribution in [2.24, 2.45) is 4.99 Å². The first-order chi connectivity index (χ1) is 14.6. The van der Waals surface area contributed by atoms with Crippen LogP contribution in [0, 0.1) is 0 Å².